The summed E-state index contributed by atoms with van der Waals surface area (Å²) in [6.45, 7) is 1.16. The molecule has 0 bridgehead atoms. The molecule has 5 heteroatoms. The van der Waals surface area contributed by atoms with Crippen LogP contribution in [-0.4, -0.2) is 22.8 Å². The number of fused-ring (bicyclic) bond motifs is 1. The van der Waals surface area contributed by atoms with E-state index in [2.05, 4.69) is 17.0 Å². The minimum absolute atomic E-state index is 0.115. The molecule has 4 nitrogen and oxygen atoms in total. The zero-order valence-electron chi connectivity index (χ0n) is 15.9. The molecule has 3 aromatic carbocycles. The van der Waals surface area contributed by atoms with Gasteiger partial charge in [-0.3, -0.25) is 9.69 Å². The molecule has 0 radical (unpaired) electrons. The van der Waals surface area contributed by atoms with Crippen molar-refractivity contribution in [2.45, 2.75) is 13.1 Å². The van der Waals surface area contributed by atoms with Gasteiger partial charge in [-0.1, -0.05) is 54.1 Å². The molecular weight excluding hydrogens is 386 g/mol. The molecule has 4 rings (SSSR count). The van der Waals surface area contributed by atoms with Crippen molar-refractivity contribution in [1.82, 2.24) is 4.90 Å². The van der Waals surface area contributed by atoms with E-state index in [4.69, 9.17) is 16.3 Å². The second-order valence-corrected chi connectivity index (χ2v) is 7.53. The second-order valence-electron chi connectivity index (χ2n) is 7.09. The first-order chi connectivity index (χ1) is 14.0. The van der Waals surface area contributed by atoms with Crippen LogP contribution >= 0.6 is 11.6 Å². The zero-order chi connectivity index (χ0) is 20.4. The van der Waals surface area contributed by atoms with Crippen LogP contribution in [0.25, 0.3) is 6.08 Å². The summed E-state index contributed by atoms with van der Waals surface area (Å²) in [5.41, 5.74) is 3.06. The molecule has 1 heterocycles. The fourth-order valence-corrected chi connectivity index (χ4v) is 3.51. The lowest BCUT2D eigenvalue weighted by molar-refractivity contribution is 0.101. The number of carbonyl (C=O) groups is 1. The monoisotopic (exact) mass is 405 g/mol. The fourth-order valence-electron chi connectivity index (χ4n) is 3.38. The number of aromatic hydroxyl groups is 1. The van der Waals surface area contributed by atoms with Crippen molar-refractivity contribution in [3.63, 3.8) is 0 Å². The van der Waals surface area contributed by atoms with Gasteiger partial charge in [0.05, 0.1) is 11.1 Å². The minimum Gasteiger partial charge on any atom is -0.507 e. The number of nitrogens with zero attached hydrogens (tertiary/aromatic N) is 1. The molecule has 0 amide bonds. The first-order valence-electron chi connectivity index (χ1n) is 9.28. The van der Waals surface area contributed by atoms with Gasteiger partial charge in [-0.05, 0) is 48.5 Å². The van der Waals surface area contributed by atoms with Crippen LogP contribution in [0.15, 0.2) is 72.5 Å². The third-order valence-electron chi connectivity index (χ3n) is 4.81. The highest BCUT2D eigenvalue weighted by atomic mass is 35.5. The van der Waals surface area contributed by atoms with Gasteiger partial charge in [0.1, 0.15) is 11.5 Å². The van der Waals surface area contributed by atoms with Crippen molar-refractivity contribution < 1.29 is 14.6 Å². The zero-order valence-corrected chi connectivity index (χ0v) is 16.7. The van der Waals surface area contributed by atoms with Crippen LogP contribution in [0, 0.1) is 0 Å². The van der Waals surface area contributed by atoms with E-state index in [1.165, 1.54) is 5.56 Å². The number of carbonyl (C=O) groups excluding carboxylic acids is 1. The number of halogens is 1. The van der Waals surface area contributed by atoms with Crippen molar-refractivity contribution in [2.75, 3.05) is 7.05 Å². The largest absolute Gasteiger partial charge is 0.507 e. The van der Waals surface area contributed by atoms with E-state index < -0.39 is 0 Å². The molecular formula is C24H20ClNO3. The van der Waals surface area contributed by atoms with E-state index in [0.29, 0.717) is 35.0 Å². The Morgan fingerprint density at radius 1 is 1.00 bits per heavy atom. The van der Waals surface area contributed by atoms with Gasteiger partial charge in [0.15, 0.2) is 5.76 Å². The van der Waals surface area contributed by atoms with Crippen molar-refractivity contribution in [1.29, 1.82) is 0 Å². The van der Waals surface area contributed by atoms with Crippen LogP contribution in [-0.2, 0) is 13.1 Å². The summed E-state index contributed by atoms with van der Waals surface area (Å²) in [6.07, 6.45) is 1.69. The molecule has 3 aromatic rings. The maximum Gasteiger partial charge on any atom is 0.231 e. The molecule has 0 spiro atoms. The van der Waals surface area contributed by atoms with Crippen molar-refractivity contribution in [3.05, 3.63) is 99.8 Å². The van der Waals surface area contributed by atoms with Crippen molar-refractivity contribution >= 4 is 23.5 Å². The summed E-state index contributed by atoms with van der Waals surface area (Å²) >= 11 is 5.92. The smallest absolute Gasteiger partial charge is 0.231 e. The number of ketones is 1. The van der Waals surface area contributed by atoms with E-state index in [1.54, 1.807) is 30.3 Å². The molecule has 0 atom stereocenters. The number of hydrogen-bond donors (Lipinski definition) is 1. The number of benzene rings is 3. The summed E-state index contributed by atoms with van der Waals surface area (Å²) in [5, 5.41) is 11.1. The number of phenolic OH excluding ortho intramolecular Hbond substituents is 1. The first kappa shape index (κ1) is 19.2. The van der Waals surface area contributed by atoms with Crippen molar-refractivity contribution in [2.24, 2.45) is 0 Å². The summed E-state index contributed by atoms with van der Waals surface area (Å²) in [5.74, 6) is 0.584. The van der Waals surface area contributed by atoms with Gasteiger partial charge < -0.3 is 9.84 Å². The van der Waals surface area contributed by atoms with Gasteiger partial charge in [0.25, 0.3) is 0 Å². The van der Waals surface area contributed by atoms with E-state index in [0.717, 1.165) is 5.56 Å². The third kappa shape index (κ3) is 4.19. The fraction of sp³-hybridized carbons (Fsp3) is 0.125. The Hall–Kier alpha value is -3.08. The number of allylic oxidation sites excluding steroid dienone is 1. The third-order valence-corrected chi connectivity index (χ3v) is 5.06. The maximum atomic E-state index is 12.8. The lowest BCUT2D eigenvalue weighted by Gasteiger charge is -2.19. The highest BCUT2D eigenvalue weighted by Gasteiger charge is 2.31. The van der Waals surface area contributed by atoms with Crippen LogP contribution in [0.5, 0.6) is 11.5 Å². The average molecular weight is 406 g/mol. The highest BCUT2D eigenvalue weighted by molar-refractivity contribution is 6.30. The predicted octanol–water partition coefficient (Wildman–Crippen LogP) is 5.29. The molecule has 1 aliphatic rings. The molecule has 29 heavy (non-hydrogen) atoms. The molecule has 0 aromatic heterocycles. The minimum atomic E-state index is -0.193. The lowest BCUT2D eigenvalue weighted by Crippen LogP contribution is -2.17. The molecule has 0 saturated heterocycles. The molecule has 0 saturated carbocycles. The predicted molar refractivity (Wildman–Crippen MR) is 114 cm³/mol. The Morgan fingerprint density at radius 3 is 2.45 bits per heavy atom. The van der Waals surface area contributed by atoms with Gasteiger partial charge in [-0.25, -0.2) is 0 Å². The Bertz CT molecular complexity index is 1080. The molecule has 1 aliphatic heterocycles. The summed E-state index contributed by atoms with van der Waals surface area (Å²) in [6, 6.07) is 20.4. The molecule has 0 aliphatic carbocycles. The Morgan fingerprint density at radius 2 is 1.72 bits per heavy atom. The van der Waals surface area contributed by atoms with Crippen LogP contribution < -0.4 is 4.74 Å². The van der Waals surface area contributed by atoms with Gasteiger partial charge in [-0.2, -0.15) is 0 Å². The average Bonchev–Trinajstić information content (AvgIpc) is 3.02. The Labute approximate surface area is 174 Å². The summed E-state index contributed by atoms with van der Waals surface area (Å²) in [4.78, 5) is 14.9. The topological polar surface area (TPSA) is 49.8 Å². The highest BCUT2D eigenvalue weighted by Crippen LogP contribution is 2.40. The van der Waals surface area contributed by atoms with E-state index in [-0.39, 0.29) is 17.3 Å². The number of hydrogen-bond acceptors (Lipinski definition) is 4. The normalized spacial score (nSPS) is 14.3. The standard InChI is InChI=1S/C24H20ClNO3/c1-26(14-17-5-3-2-4-6-17)15-20-21(27)12-11-19-23(28)22(29-24(19)20)13-16-7-9-18(25)10-8-16/h2-13,27H,14-15H2,1H3/b22-13-. The maximum absolute atomic E-state index is 12.8. The van der Waals surface area contributed by atoms with E-state index >= 15 is 0 Å². The second kappa shape index (κ2) is 8.11. The molecule has 1 N–H and O–H groups in total. The van der Waals surface area contributed by atoms with Crippen LogP contribution in [0.3, 0.4) is 0 Å². The van der Waals surface area contributed by atoms with E-state index in [9.17, 15) is 9.90 Å². The number of phenols is 1. The van der Waals surface area contributed by atoms with Gasteiger partial charge in [0, 0.05) is 18.1 Å². The number of ether oxygens (including phenoxy) is 1. The Balaban J connectivity index is 1.59. The SMILES string of the molecule is CN(Cc1ccccc1)Cc1c(O)ccc2c1O/C(=C\c1ccc(Cl)cc1)C2=O. The number of Topliss-reactive ketones (excluding diaryl/α,β-unsaturated/α-hetero) is 1. The molecule has 0 unspecified atom stereocenters. The Kier molecular flexibility index (Phi) is 5.38. The van der Waals surface area contributed by atoms with Crippen LogP contribution in [0.2, 0.25) is 5.02 Å². The van der Waals surface area contributed by atoms with Gasteiger partial charge >= 0.3 is 0 Å². The molecule has 0 fully saturated rings. The van der Waals surface area contributed by atoms with Crippen LogP contribution in [0.4, 0.5) is 0 Å². The summed E-state index contributed by atoms with van der Waals surface area (Å²) in [7, 11) is 1.97. The quantitative estimate of drug-likeness (QED) is 0.585. The lowest BCUT2D eigenvalue weighted by atomic mass is 10.0. The van der Waals surface area contributed by atoms with Gasteiger partial charge in [0.2, 0.25) is 5.78 Å². The van der Waals surface area contributed by atoms with Gasteiger partial charge in [-0.15, -0.1) is 0 Å². The van der Waals surface area contributed by atoms with Crippen LogP contribution in [0.1, 0.15) is 27.0 Å². The summed E-state index contributed by atoms with van der Waals surface area (Å²) < 4.78 is 5.91. The van der Waals surface area contributed by atoms with E-state index in [1.807, 2.05) is 37.4 Å². The first-order valence-corrected chi connectivity index (χ1v) is 9.66. The number of rotatable bonds is 5. The molecule has 146 valence electrons. The van der Waals surface area contributed by atoms with Crippen molar-refractivity contribution in [3.8, 4) is 11.5 Å².